The quantitative estimate of drug-likeness (QED) is 0.880. The van der Waals surface area contributed by atoms with Crippen LogP contribution in [-0.4, -0.2) is 39.9 Å². The summed E-state index contributed by atoms with van der Waals surface area (Å²) in [6.07, 6.45) is 2.25. The van der Waals surface area contributed by atoms with Crippen molar-refractivity contribution in [2.75, 3.05) is 6.54 Å². The molecule has 128 valence electrons. The Morgan fingerprint density at radius 3 is 2.58 bits per heavy atom. The highest BCUT2D eigenvalue weighted by Crippen LogP contribution is 2.40. The maximum atomic E-state index is 12.4. The van der Waals surface area contributed by atoms with Crippen molar-refractivity contribution in [2.45, 2.75) is 50.1 Å². The zero-order valence-corrected chi connectivity index (χ0v) is 13.5. The van der Waals surface area contributed by atoms with Gasteiger partial charge in [0.15, 0.2) is 0 Å². The highest BCUT2D eigenvalue weighted by molar-refractivity contribution is 5.98. The van der Waals surface area contributed by atoms with Crippen molar-refractivity contribution in [3.8, 4) is 0 Å². The lowest BCUT2D eigenvalue weighted by molar-refractivity contribution is -0.150. The minimum absolute atomic E-state index is 0.120. The molecule has 2 unspecified atom stereocenters. The first-order valence-electron chi connectivity index (χ1n) is 8.38. The molecule has 2 heterocycles. The molecule has 6 nitrogen and oxygen atoms in total. The van der Waals surface area contributed by atoms with Crippen LogP contribution in [0.25, 0.3) is 0 Å². The molecule has 24 heavy (non-hydrogen) atoms. The van der Waals surface area contributed by atoms with E-state index in [1.807, 2.05) is 18.2 Å². The van der Waals surface area contributed by atoms with Gasteiger partial charge in [0.2, 0.25) is 11.8 Å². The number of rotatable bonds is 4. The van der Waals surface area contributed by atoms with Crippen LogP contribution >= 0.6 is 0 Å². The molecule has 1 spiro atoms. The van der Waals surface area contributed by atoms with E-state index in [1.54, 1.807) is 0 Å². The number of piperidine rings is 1. The minimum Gasteiger partial charge on any atom is -0.481 e. The molecule has 0 bridgehead atoms. The molecule has 2 fully saturated rings. The Balaban J connectivity index is 1.70. The van der Waals surface area contributed by atoms with Crippen LogP contribution < -0.4 is 5.32 Å². The van der Waals surface area contributed by atoms with Crippen molar-refractivity contribution in [1.29, 1.82) is 0 Å². The largest absolute Gasteiger partial charge is 0.481 e. The van der Waals surface area contributed by atoms with Crippen molar-refractivity contribution >= 4 is 17.8 Å². The second-order valence-electron chi connectivity index (χ2n) is 6.62. The first-order valence-corrected chi connectivity index (χ1v) is 8.38. The lowest BCUT2D eigenvalue weighted by Crippen LogP contribution is -2.57. The van der Waals surface area contributed by atoms with Gasteiger partial charge in [0.1, 0.15) is 0 Å². The molecule has 0 aromatic heterocycles. The van der Waals surface area contributed by atoms with E-state index in [0.717, 1.165) is 12.8 Å². The van der Waals surface area contributed by atoms with Gasteiger partial charge in [-0.1, -0.05) is 30.3 Å². The number of hydrogen-bond donors (Lipinski definition) is 2. The number of imide groups is 1. The van der Waals surface area contributed by atoms with E-state index in [9.17, 15) is 14.4 Å². The van der Waals surface area contributed by atoms with Gasteiger partial charge < -0.3 is 10.4 Å². The van der Waals surface area contributed by atoms with Crippen molar-refractivity contribution in [3.63, 3.8) is 0 Å². The number of likely N-dealkylation sites (tertiary alicyclic amines) is 1. The van der Waals surface area contributed by atoms with E-state index in [1.165, 1.54) is 10.5 Å². The van der Waals surface area contributed by atoms with Crippen LogP contribution in [0, 0.1) is 0 Å². The van der Waals surface area contributed by atoms with Crippen LogP contribution in [0.15, 0.2) is 30.3 Å². The fraction of sp³-hybridized carbons (Fsp3) is 0.500. The van der Waals surface area contributed by atoms with E-state index in [-0.39, 0.29) is 30.7 Å². The number of nitrogens with zero attached hydrogens (tertiary/aromatic N) is 1. The Labute approximate surface area is 140 Å². The SMILES string of the molecule is O=C(O)CCC(=O)N1C(=O)CCC12CCC(c1ccccc1)NC2. The summed E-state index contributed by atoms with van der Waals surface area (Å²) in [7, 11) is 0. The van der Waals surface area contributed by atoms with Gasteiger partial charge in [0, 0.05) is 25.4 Å². The molecule has 0 radical (unpaired) electrons. The summed E-state index contributed by atoms with van der Waals surface area (Å²) in [4.78, 5) is 36.7. The van der Waals surface area contributed by atoms with Crippen molar-refractivity contribution in [3.05, 3.63) is 35.9 Å². The molecule has 1 aromatic rings. The van der Waals surface area contributed by atoms with E-state index in [2.05, 4.69) is 17.4 Å². The standard InChI is InChI=1S/C18H22N2O4/c21-15(6-7-17(23)24)20-16(22)9-11-18(20)10-8-14(19-12-18)13-4-2-1-3-5-13/h1-5,14,19H,6-12H2,(H,23,24). The Bertz CT molecular complexity index is 636. The topological polar surface area (TPSA) is 86.7 Å². The van der Waals surface area contributed by atoms with Crippen LogP contribution in [-0.2, 0) is 14.4 Å². The lowest BCUT2D eigenvalue weighted by Gasteiger charge is -2.43. The number of carboxylic acid groups (broad SMARTS) is 1. The molecular formula is C18H22N2O4. The second-order valence-corrected chi connectivity index (χ2v) is 6.62. The molecule has 0 saturated carbocycles. The second kappa shape index (κ2) is 6.73. The van der Waals surface area contributed by atoms with Crippen LogP contribution in [0.3, 0.4) is 0 Å². The normalized spacial score (nSPS) is 26.8. The number of nitrogens with one attached hydrogen (secondary N) is 1. The van der Waals surface area contributed by atoms with Gasteiger partial charge in [-0.05, 0) is 24.8 Å². The van der Waals surface area contributed by atoms with E-state index in [4.69, 9.17) is 5.11 Å². The number of carbonyl (C=O) groups is 3. The zero-order valence-electron chi connectivity index (χ0n) is 13.5. The van der Waals surface area contributed by atoms with Crippen LogP contribution in [0.5, 0.6) is 0 Å². The number of carboxylic acids is 1. The highest BCUT2D eigenvalue weighted by Gasteiger charge is 2.49. The van der Waals surface area contributed by atoms with Gasteiger partial charge in [0.25, 0.3) is 0 Å². The Morgan fingerprint density at radius 1 is 1.21 bits per heavy atom. The molecule has 2 saturated heterocycles. The van der Waals surface area contributed by atoms with Gasteiger partial charge in [0.05, 0.1) is 12.0 Å². The summed E-state index contributed by atoms with van der Waals surface area (Å²) in [5.74, 6) is -1.56. The van der Waals surface area contributed by atoms with Crippen LogP contribution in [0.2, 0.25) is 0 Å². The van der Waals surface area contributed by atoms with E-state index >= 15 is 0 Å². The van der Waals surface area contributed by atoms with Gasteiger partial charge in [-0.2, -0.15) is 0 Å². The summed E-state index contributed by atoms with van der Waals surface area (Å²) >= 11 is 0. The van der Waals surface area contributed by atoms with Gasteiger partial charge in [-0.3, -0.25) is 19.3 Å². The molecule has 1 aromatic carbocycles. The summed E-state index contributed by atoms with van der Waals surface area (Å²) in [5.41, 5.74) is 0.721. The summed E-state index contributed by atoms with van der Waals surface area (Å²) < 4.78 is 0. The molecule has 3 rings (SSSR count). The monoisotopic (exact) mass is 330 g/mol. The molecular weight excluding hydrogens is 308 g/mol. The molecule has 2 aliphatic heterocycles. The highest BCUT2D eigenvalue weighted by atomic mass is 16.4. The maximum Gasteiger partial charge on any atom is 0.303 e. The van der Waals surface area contributed by atoms with Gasteiger partial charge >= 0.3 is 5.97 Å². The average Bonchev–Trinajstić information content (AvgIpc) is 2.90. The van der Waals surface area contributed by atoms with Crippen molar-refractivity contribution in [1.82, 2.24) is 10.2 Å². The fourth-order valence-corrected chi connectivity index (χ4v) is 3.85. The van der Waals surface area contributed by atoms with Gasteiger partial charge in [-0.25, -0.2) is 0 Å². The summed E-state index contributed by atoms with van der Waals surface area (Å²) in [6.45, 7) is 0.567. The number of aliphatic carboxylic acids is 1. The molecule has 2 N–H and O–H groups in total. The van der Waals surface area contributed by atoms with Crippen molar-refractivity contribution in [2.24, 2.45) is 0 Å². The summed E-state index contributed by atoms with van der Waals surface area (Å²) in [5, 5.41) is 12.2. The molecule has 0 aliphatic carbocycles. The smallest absolute Gasteiger partial charge is 0.303 e. The van der Waals surface area contributed by atoms with Crippen LogP contribution in [0.4, 0.5) is 0 Å². The predicted molar refractivity (Wildman–Crippen MR) is 87.1 cm³/mol. The first kappa shape index (κ1) is 16.6. The lowest BCUT2D eigenvalue weighted by atomic mass is 9.82. The minimum atomic E-state index is -1.02. The molecule has 2 amide bonds. The third-order valence-electron chi connectivity index (χ3n) is 5.11. The van der Waals surface area contributed by atoms with Gasteiger partial charge in [-0.15, -0.1) is 0 Å². The molecule has 2 aliphatic rings. The average molecular weight is 330 g/mol. The fourth-order valence-electron chi connectivity index (χ4n) is 3.85. The maximum absolute atomic E-state index is 12.4. The summed E-state index contributed by atoms with van der Waals surface area (Å²) in [6, 6.07) is 10.4. The van der Waals surface area contributed by atoms with Crippen molar-refractivity contribution < 1.29 is 19.5 Å². The third kappa shape index (κ3) is 3.19. The Kier molecular flexibility index (Phi) is 4.66. The predicted octanol–water partition coefficient (Wildman–Crippen LogP) is 1.86. The first-order chi connectivity index (χ1) is 11.5. The van der Waals surface area contributed by atoms with E-state index < -0.39 is 11.5 Å². The number of hydrogen-bond acceptors (Lipinski definition) is 4. The molecule has 6 heteroatoms. The number of benzene rings is 1. The third-order valence-corrected chi connectivity index (χ3v) is 5.11. The molecule has 2 atom stereocenters. The Hall–Kier alpha value is -2.21. The van der Waals surface area contributed by atoms with E-state index in [0.29, 0.717) is 19.4 Å². The number of carbonyl (C=O) groups excluding carboxylic acids is 2. The number of amides is 2. The Morgan fingerprint density at radius 2 is 1.96 bits per heavy atom. The zero-order chi connectivity index (χ0) is 17.2. The van der Waals surface area contributed by atoms with Crippen LogP contribution in [0.1, 0.15) is 50.1 Å².